The number of rotatable bonds is 6. The van der Waals surface area contributed by atoms with Crippen molar-refractivity contribution in [1.82, 2.24) is 0 Å². The van der Waals surface area contributed by atoms with Crippen LogP contribution < -0.4 is 0 Å². The van der Waals surface area contributed by atoms with E-state index >= 15 is 4.39 Å². The van der Waals surface area contributed by atoms with Crippen molar-refractivity contribution in [3.8, 4) is 0 Å². The van der Waals surface area contributed by atoms with Crippen LogP contribution in [0.1, 0.15) is 92.9 Å². The van der Waals surface area contributed by atoms with Crippen LogP contribution in [0.5, 0.6) is 0 Å². The quantitative estimate of drug-likeness (QED) is 0.431. The van der Waals surface area contributed by atoms with Gasteiger partial charge in [0.1, 0.15) is 6.17 Å². The van der Waals surface area contributed by atoms with Crippen LogP contribution in [0.15, 0.2) is 0 Å². The van der Waals surface area contributed by atoms with E-state index < -0.39 is 30.6 Å². The first kappa shape index (κ1) is 26.8. The van der Waals surface area contributed by atoms with Crippen LogP contribution in [0.25, 0.3) is 0 Å². The smallest absolute Gasteiger partial charge is 0.104 e. The largest absolute Gasteiger partial charge is 0.390 e. The van der Waals surface area contributed by atoms with E-state index in [2.05, 4.69) is 41.5 Å². The second kappa shape index (κ2) is 9.58. The normalized spacial score (nSPS) is 50.1. The Kier molecular flexibility index (Phi) is 7.55. The van der Waals surface area contributed by atoms with Gasteiger partial charge >= 0.3 is 0 Å². The van der Waals surface area contributed by atoms with Gasteiger partial charge in [-0.05, 0) is 103 Å². The molecular weight excluding hydrogens is 431 g/mol. The first-order valence-corrected chi connectivity index (χ1v) is 14.2. The van der Waals surface area contributed by atoms with Gasteiger partial charge in [-0.15, -0.1) is 0 Å². The van der Waals surface area contributed by atoms with E-state index in [4.69, 9.17) is 0 Å². The zero-order valence-electron chi connectivity index (χ0n) is 22.3. The fourth-order valence-corrected chi connectivity index (χ4v) is 10.1. The minimum atomic E-state index is -0.920. The molecule has 4 saturated carbocycles. The van der Waals surface area contributed by atoms with E-state index in [9.17, 15) is 20.4 Å². The van der Waals surface area contributed by atoms with Gasteiger partial charge in [0.25, 0.3) is 0 Å². The molecule has 0 bridgehead atoms. The van der Waals surface area contributed by atoms with Crippen molar-refractivity contribution >= 4 is 0 Å². The summed E-state index contributed by atoms with van der Waals surface area (Å²) in [6.45, 7) is 13.0. The lowest BCUT2D eigenvalue weighted by atomic mass is 9.43. The van der Waals surface area contributed by atoms with Crippen molar-refractivity contribution in [3.63, 3.8) is 0 Å². The number of hydrogen-bond donors (Lipinski definition) is 4. The summed E-state index contributed by atoms with van der Waals surface area (Å²) in [5.74, 6) is 1.71. The average Bonchev–Trinajstić information content (AvgIpc) is 3.12. The Hall–Kier alpha value is -0.230. The number of aliphatic hydroxyl groups is 4. The summed E-state index contributed by atoms with van der Waals surface area (Å²) in [6, 6.07) is 0. The molecule has 4 N–H and O–H groups in total. The molecule has 0 heterocycles. The molecule has 0 amide bonds. The van der Waals surface area contributed by atoms with Gasteiger partial charge in [0.05, 0.1) is 24.4 Å². The van der Waals surface area contributed by atoms with Crippen LogP contribution in [-0.4, -0.2) is 51.0 Å². The molecule has 4 fully saturated rings. The van der Waals surface area contributed by atoms with Gasteiger partial charge in [-0.3, -0.25) is 0 Å². The molecule has 0 unspecified atom stereocenters. The van der Waals surface area contributed by atoms with E-state index in [1.165, 1.54) is 0 Å². The molecule has 5 heteroatoms. The van der Waals surface area contributed by atoms with Crippen molar-refractivity contribution < 1.29 is 24.8 Å². The number of alkyl halides is 1. The summed E-state index contributed by atoms with van der Waals surface area (Å²) in [5, 5.41) is 43.1. The van der Waals surface area contributed by atoms with E-state index in [1.807, 2.05) is 0 Å². The fraction of sp³-hybridized carbons (Fsp3) is 1.00. The number of halogens is 1. The summed E-state index contributed by atoms with van der Waals surface area (Å²) in [5.41, 5.74) is -0.204. The van der Waals surface area contributed by atoms with Crippen molar-refractivity contribution in [3.05, 3.63) is 0 Å². The van der Waals surface area contributed by atoms with Crippen LogP contribution in [0, 0.1) is 58.2 Å². The highest BCUT2D eigenvalue weighted by Gasteiger charge is 2.64. The van der Waals surface area contributed by atoms with Gasteiger partial charge in [-0.25, -0.2) is 4.39 Å². The molecule has 0 aromatic carbocycles. The Morgan fingerprint density at radius 1 is 0.853 bits per heavy atom. The van der Waals surface area contributed by atoms with Gasteiger partial charge in [-0.1, -0.05) is 48.0 Å². The molecule has 0 aromatic heterocycles. The molecule has 34 heavy (non-hydrogen) atoms. The molecule has 0 saturated heterocycles. The summed E-state index contributed by atoms with van der Waals surface area (Å²) < 4.78 is 15.6. The lowest BCUT2D eigenvalue weighted by molar-refractivity contribution is -0.184. The highest BCUT2D eigenvalue weighted by atomic mass is 19.1. The van der Waals surface area contributed by atoms with Crippen LogP contribution in [0.4, 0.5) is 4.39 Å². The SMILES string of the molecule is CC[C@@H](C(C)C)[C@@H](O)[C@H](O)[C@@H](C)[C@H]1CC[C@H]2[C@@H]3C[C@H](F)[C@H]4C[C@H](O)[C@H](O)C[C@]4(C)[C@H]3CC[C@]12C. The number of hydrogen-bond acceptors (Lipinski definition) is 4. The maximum absolute atomic E-state index is 15.6. The third-order valence-electron chi connectivity index (χ3n) is 12.0. The molecule has 0 aliphatic heterocycles. The molecule has 4 nitrogen and oxygen atoms in total. The standard InChI is InChI=1S/C29H51FO4/c1-7-17(15(2)3)27(34)26(33)16(4)19-8-9-20-18-12-23(30)22-13-24(31)25(32)14-29(22,6)21(18)10-11-28(19,20)5/h15-27,31-34H,7-14H2,1-6H3/t16-,17-,18-,19+,20-,21-,22+,23-,24-,25+,26+,27+,28+,29+/m0/s1. The monoisotopic (exact) mass is 482 g/mol. The third-order valence-corrected chi connectivity index (χ3v) is 12.0. The highest BCUT2D eigenvalue weighted by Crippen LogP contribution is 2.68. The molecular formula is C29H51FO4. The minimum absolute atomic E-state index is 0.00843. The van der Waals surface area contributed by atoms with Crippen molar-refractivity contribution in [2.45, 2.75) is 123 Å². The zero-order valence-corrected chi connectivity index (χ0v) is 22.3. The van der Waals surface area contributed by atoms with Gasteiger partial charge in [0.15, 0.2) is 0 Å². The maximum Gasteiger partial charge on any atom is 0.104 e. The lowest BCUT2D eigenvalue weighted by Crippen LogP contribution is -2.60. The molecule has 0 aromatic rings. The second-order valence-corrected chi connectivity index (χ2v) is 13.7. The lowest BCUT2D eigenvalue weighted by Gasteiger charge is -2.62. The fourth-order valence-electron chi connectivity index (χ4n) is 10.1. The predicted molar refractivity (Wildman–Crippen MR) is 133 cm³/mol. The van der Waals surface area contributed by atoms with Crippen LogP contribution in [0.3, 0.4) is 0 Å². The highest BCUT2D eigenvalue weighted by molar-refractivity contribution is 5.12. The summed E-state index contributed by atoms with van der Waals surface area (Å²) >= 11 is 0. The van der Waals surface area contributed by atoms with E-state index in [-0.39, 0.29) is 28.6 Å². The third kappa shape index (κ3) is 4.09. The molecule has 14 atom stereocenters. The van der Waals surface area contributed by atoms with Crippen LogP contribution >= 0.6 is 0 Å². The molecule has 198 valence electrons. The van der Waals surface area contributed by atoms with Crippen molar-refractivity contribution in [2.75, 3.05) is 0 Å². The Morgan fingerprint density at radius 2 is 1.50 bits per heavy atom. The van der Waals surface area contributed by atoms with Crippen molar-refractivity contribution in [2.24, 2.45) is 58.2 Å². The van der Waals surface area contributed by atoms with E-state index in [1.54, 1.807) is 0 Å². The van der Waals surface area contributed by atoms with Gasteiger partial charge in [-0.2, -0.15) is 0 Å². The summed E-state index contributed by atoms with van der Waals surface area (Å²) in [6.07, 6.45) is 2.59. The second-order valence-electron chi connectivity index (χ2n) is 13.7. The van der Waals surface area contributed by atoms with E-state index in [0.29, 0.717) is 48.9 Å². The Balaban J connectivity index is 1.54. The Bertz CT molecular complexity index is 716. The molecule has 0 spiro atoms. The predicted octanol–water partition coefficient (Wildman–Crippen LogP) is 4.97. The molecule has 0 radical (unpaired) electrons. The van der Waals surface area contributed by atoms with Gasteiger partial charge in [0, 0.05) is 0 Å². The van der Waals surface area contributed by atoms with Crippen molar-refractivity contribution in [1.29, 1.82) is 0 Å². The zero-order chi connectivity index (χ0) is 25.2. The topological polar surface area (TPSA) is 80.9 Å². The summed E-state index contributed by atoms with van der Waals surface area (Å²) in [4.78, 5) is 0. The first-order valence-electron chi connectivity index (χ1n) is 14.2. The molecule has 4 aliphatic carbocycles. The molecule has 4 rings (SSSR count). The van der Waals surface area contributed by atoms with Gasteiger partial charge < -0.3 is 20.4 Å². The maximum atomic E-state index is 15.6. The van der Waals surface area contributed by atoms with Crippen LogP contribution in [-0.2, 0) is 0 Å². The summed E-state index contributed by atoms with van der Waals surface area (Å²) in [7, 11) is 0. The average molecular weight is 483 g/mol. The van der Waals surface area contributed by atoms with Gasteiger partial charge in [0.2, 0.25) is 0 Å². The number of fused-ring (bicyclic) bond motifs is 5. The van der Waals surface area contributed by atoms with Crippen LogP contribution in [0.2, 0.25) is 0 Å². The first-order chi connectivity index (χ1) is 15.9. The Labute approximate surface area is 206 Å². The Morgan fingerprint density at radius 3 is 2.12 bits per heavy atom. The van der Waals surface area contributed by atoms with E-state index in [0.717, 1.165) is 32.1 Å². The number of aliphatic hydroxyl groups excluding tert-OH is 4. The minimum Gasteiger partial charge on any atom is -0.390 e. The molecule has 4 aliphatic rings.